The first-order chi connectivity index (χ1) is 13.8. The van der Waals surface area contributed by atoms with Gasteiger partial charge in [0.1, 0.15) is 30.5 Å². The van der Waals surface area contributed by atoms with Crippen LogP contribution >= 0.6 is 0 Å². The fourth-order valence-electron chi connectivity index (χ4n) is 4.09. The van der Waals surface area contributed by atoms with Crippen LogP contribution in [0.15, 0.2) is 12.3 Å². The summed E-state index contributed by atoms with van der Waals surface area (Å²) in [6.45, 7) is 5.49. The number of hydrogen-bond donors (Lipinski definition) is 2. The minimum Gasteiger partial charge on any atom is -0.496 e. The van der Waals surface area contributed by atoms with E-state index in [1.165, 1.54) is 0 Å². The monoisotopic (exact) mass is 418 g/mol. The zero-order valence-electron chi connectivity index (χ0n) is 17.7. The van der Waals surface area contributed by atoms with E-state index in [0.717, 1.165) is 0 Å². The standard InChI is InChI=1S/C20H34O9/c1-10-18(22)15(24-5)9-17(26-10)28-19-12(3)27-16(8-13(19)21)29-20-11(2)25-7-6-14(20)23-4/h6-7,10-22H,8-9H2,1-5H3/t10-,11-,12-,13+,14+,15-,16-,17+,18-,19-,20-/m1/s1. The average Bonchev–Trinajstić information content (AvgIpc) is 2.68. The Hall–Kier alpha value is -0.780. The van der Waals surface area contributed by atoms with E-state index in [4.69, 9.17) is 33.2 Å². The second-order valence-corrected chi connectivity index (χ2v) is 7.92. The smallest absolute Gasteiger partial charge is 0.161 e. The zero-order chi connectivity index (χ0) is 21.1. The van der Waals surface area contributed by atoms with Crippen LogP contribution in [0.2, 0.25) is 0 Å². The van der Waals surface area contributed by atoms with Gasteiger partial charge in [0.2, 0.25) is 0 Å². The predicted octanol–water partition coefficient (Wildman–Crippen LogP) is 0.711. The van der Waals surface area contributed by atoms with Crippen LogP contribution in [0.4, 0.5) is 0 Å². The van der Waals surface area contributed by atoms with Crippen molar-refractivity contribution in [3.8, 4) is 0 Å². The first-order valence-corrected chi connectivity index (χ1v) is 10.2. The molecule has 0 saturated carbocycles. The van der Waals surface area contributed by atoms with E-state index in [1.807, 2.05) is 13.8 Å². The predicted molar refractivity (Wildman–Crippen MR) is 101 cm³/mol. The van der Waals surface area contributed by atoms with Crippen LogP contribution in [0.5, 0.6) is 0 Å². The third kappa shape index (κ3) is 5.29. The lowest BCUT2D eigenvalue weighted by Crippen LogP contribution is -2.55. The van der Waals surface area contributed by atoms with Gasteiger partial charge in [-0.25, -0.2) is 0 Å². The van der Waals surface area contributed by atoms with Gasteiger partial charge in [-0.3, -0.25) is 0 Å². The van der Waals surface area contributed by atoms with Crippen LogP contribution in [0.25, 0.3) is 0 Å². The highest BCUT2D eigenvalue weighted by molar-refractivity contribution is 4.98. The Morgan fingerprint density at radius 3 is 2.14 bits per heavy atom. The topological polar surface area (TPSA) is 105 Å². The summed E-state index contributed by atoms with van der Waals surface area (Å²) in [6, 6.07) is 0. The molecule has 11 atom stereocenters. The van der Waals surface area contributed by atoms with Gasteiger partial charge in [0.15, 0.2) is 12.6 Å². The van der Waals surface area contributed by atoms with E-state index in [-0.39, 0.29) is 30.8 Å². The lowest BCUT2D eigenvalue weighted by Gasteiger charge is -2.44. The van der Waals surface area contributed by atoms with E-state index < -0.39 is 43.1 Å². The molecule has 0 aromatic rings. The zero-order valence-corrected chi connectivity index (χ0v) is 17.7. The Bertz CT molecular complexity index is 532. The van der Waals surface area contributed by atoms with Crippen molar-refractivity contribution in [3.63, 3.8) is 0 Å². The molecule has 3 rings (SSSR count). The minimum atomic E-state index is -0.799. The summed E-state index contributed by atoms with van der Waals surface area (Å²) in [5, 5.41) is 20.8. The van der Waals surface area contributed by atoms with Gasteiger partial charge in [0.25, 0.3) is 0 Å². The molecule has 0 radical (unpaired) electrons. The summed E-state index contributed by atoms with van der Waals surface area (Å²) in [5.74, 6) is 0. The first kappa shape index (κ1) is 22.9. The fourth-order valence-corrected chi connectivity index (χ4v) is 4.09. The molecule has 0 aliphatic carbocycles. The highest BCUT2D eigenvalue weighted by Gasteiger charge is 2.43. The van der Waals surface area contributed by atoms with Crippen LogP contribution in [0.3, 0.4) is 0 Å². The number of methoxy groups -OCH3 is 2. The van der Waals surface area contributed by atoms with E-state index in [9.17, 15) is 10.2 Å². The Morgan fingerprint density at radius 1 is 0.828 bits per heavy atom. The molecule has 168 valence electrons. The highest BCUT2D eigenvalue weighted by Crippen LogP contribution is 2.31. The van der Waals surface area contributed by atoms with Crippen molar-refractivity contribution in [1.29, 1.82) is 0 Å². The van der Waals surface area contributed by atoms with Crippen molar-refractivity contribution in [1.82, 2.24) is 0 Å². The van der Waals surface area contributed by atoms with Gasteiger partial charge in [-0.1, -0.05) is 0 Å². The minimum absolute atomic E-state index is 0.204. The second-order valence-electron chi connectivity index (χ2n) is 7.92. The Morgan fingerprint density at radius 2 is 1.48 bits per heavy atom. The molecular weight excluding hydrogens is 384 g/mol. The molecular formula is C20H34O9. The molecule has 0 unspecified atom stereocenters. The van der Waals surface area contributed by atoms with Gasteiger partial charge >= 0.3 is 0 Å². The molecule has 3 heterocycles. The molecule has 0 amide bonds. The maximum absolute atomic E-state index is 10.7. The van der Waals surface area contributed by atoms with E-state index in [2.05, 4.69) is 0 Å². The molecule has 0 spiro atoms. The quantitative estimate of drug-likeness (QED) is 0.645. The fraction of sp³-hybridized carbons (Fsp3) is 0.900. The number of ether oxygens (including phenoxy) is 7. The Labute approximate surface area is 171 Å². The molecule has 2 N–H and O–H groups in total. The highest BCUT2D eigenvalue weighted by atomic mass is 16.7. The van der Waals surface area contributed by atoms with Gasteiger partial charge in [0, 0.05) is 27.1 Å². The van der Waals surface area contributed by atoms with Crippen LogP contribution in [0.1, 0.15) is 33.6 Å². The molecule has 0 bridgehead atoms. The molecule has 2 fully saturated rings. The number of aliphatic hydroxyl groups is 2. The van der Waals surface area contributed by atoms with Gasteiger partial charge in [0.05, 0.1) is 30.7 Å². The lowest BCUT2D eigenvalue weighted by molar-refractivity contribution is -0.322. The van der Waals surface area contributed by atoms with Gasteiger partial charge in [-0.2, -0.15) is 0 Å². The van der Waals surface area contributed by atoms with Crippen LogP contribution in [0, 0.1) is 0 Å². The van der Waals surface area contributed by atoms with Crippen molar-refractivity contribution in [3.05, 3.63) is 12.3 Å². The molecule has 0 aromatic carbocycles. The van der Waals surface area contributed by atoms with E-state index in [1.54, 1.807) is 33.5 Å². The maximum Gasteiger partial charge on any atom is 0.161 e. The molecule has 9 heteroatoms. The lowest BCUT2D eigenvalue weighted by atomic mass is 10.00. The summed E-state index contributed by atoms with van der Waals surface area (Å²) < 4.78 is 40.1. The number of aliphatic hydroxyl groups excluding tert-OH is 2. The van der Waals surface area contributed by atoms with Crippen LogP contribution in [-0.4, -0.2) is 91.9 Å². The molecule has 2 saturated heterocycles. The van der Waals surface area contributed by atoms with Crippen molar-refractivity contribution < 1.29 is 43.4 Å². The summed E-state index contributed by atoms with van der Waals surface area (Å²) in [7, 11) is 3.16. The summed E-state index contributed by atoms with van der Waals surface area (Å²) in [4.78, 5) is 0. The van der Waals surface area contributed by atoms with Crippen LogP contribution < -0.4 is 0 Å². The van der Waals surface area contributed by atoms with Crippen molar-refractivity contribution >= 4 is 0 Å². The molecule has 0 aromatic heterocycles. The first-order valence-electron chi connectivity index (χ1n) is 10.2. The van der Waals surface area contributed by atoms with Crippen molar-refractivity contribution in [2.45, 2.75) is 101 Å². The van der Waals surface area contributed by atoms with E-state index in [0.29, 0.717) is 6.42 Å². The Balaban J connectivity index is 1.56. The molecule has 3 aliphatic rings. The number of rotatable bonds is 6. The normalized spacial score (nSPS) is 48.3. The van der Waals surface area contributed by atoms with Crippen molar-refractivity contribution in [2.75, 3.05) is 14.2 Å². The number of hydrogen-bond acceptors (Lipinski definition) is 9. The SMILES string of the molecule is CO[C@H]1C=CO[C@H](C)[C@H]1O[C@@H]1C[C@H](O)[C@H](O[C@H]2C[C@@H](OC)[C@H](O)[C@@H](C)O2)[C@@H](C)O1. The molecule has 9 nitrogen and oxygen atoms in total. The van der Waals surface area contributed by atoms with Crippen molar-refractivity contribution in [2.24, 2.45) is 0 Å². The average molecular weight is 418 g/mol. The maximum atomic E-state index is 10.7. The van der Waals surface area contributed by atoms with Gasteiger partial charge in [-0.05, 0) is 26.8 Å². The van der Waals surface area contributed by atoms with Gasteiger partial charge in [-0.15, -0.1) is 0 Å². The summed E-state index contributed by atoms with van der Waals surface area (Å²) >= 11 is 0. The molecule has 29 heavy (non-hydrogen) atoms. The second kappa shape index (κ2) is 10.0. The van der Waals surface area contributed by atoms with Crippen LogP contribution in [-0.2, 0) is 33.2 Å². The third-order valence-electron chi connectivity index (χ3n) is 5.84. The molecule has 3 aliphatic heterocycles. The van der Waals surface area contributed by atoms with Gasteiger partial charge < -0.3 is 43.4 Å². The largest absolute Gasteiger partial charge is 0.496 e. The van der Waals surface area contributed by atoms with E-state index >= 15 is 0 Å². The summed E-state index contributed by atoms with van der Waals surface area (Å²) in [6.07, 6.45) is -1.34. The summed E-state index contributed by atoms with van der Waals surface area (Å²) in [5.41, 5.74) is 0. The third-order valence-corrected chi connectivity index (χ3v) is 5.84. The Kier molecular flexibility index (Phi) is 7.91.